The predicted molar refractivity (Wildman–Crippen MR) is 101 cm³/mol. The van der Waals surface area contributed by atoms with Crippen LogP contribution < -0.4 is 5.32 Å². The van der Waals surface area contributed by atoms with Crippen LogP contribution in [0.4, 0.5) is 10.6 Å². The zero-order valence-corrected chi connectivity index (χ0v) is 16.4. The summed E-state index contributed by atoms with van der Waals surface area (Å²) in [5.74, 6) is 0.501. The minimum absolute atomic E-state index is 0.0409. The number of hydrogen-bond acceptors (Lipinski definition) is 9. The van der Waals surface area contributed by atoms with Crippen LogP contribution in [0, 0.1) is 0 Å². The summed E-state index contributed by atoms with van der Waals surface area (Å²) < 4.78 is 17.6. The van der Waals surface area contributed by atoms with E-state index in [1.165, 1.54) is 12.7 Å². The molecular weight excluding hydrogens is 390 g/mol. The zero-order chi connectivity index (χ0) is 19.9. The van der Waals surface area contributed by atoms with Crippen molar-refractivity contribution in [1.82, 2.24) is 19.5 Å². The highest BCUT2D eigenvalue weighted by Crippen LogP contribution is 2.21. The summed E-state index contributed by atoms with van der Waals surface area (Å²) in [6.45, 7) is -0.397. The third-order valence-corrected chi connectivity index (χ3v) is 4.70. The second-order valence-electron chi connectivity index (χ2n) is 6.52. The topological polar surface area (TPSA) is 121 Å². The normalized spacial score (nSPS) is 16.1. The van der Waals surface area contributed by atoms with E-state index in [1.54, 1.807) is 11.6 Å². The van der Waals surface area contributed by atoms with Gasteiger partial charge in [0, 0.05) is 7.05 Å². The number of halogens is 1. The Hall–Kier alpha value is -2.17. The molecule has 1 fully saturated rings. The molecule has 154 valence electrons. The van der Waals surface area contributed by atoms with Crippen LogP contribution >= 0.6 is 11.6 Å². The lowest BCUT2D eigenvalue weighted by Gasteiger charge is -2.22. The molecule has 11 heteroatoms. The van der Waals surface area contributed by atoms with Crippen LogP contribution in [0.1, 0.15) is 32.1 Å². The summed E-state index contributed by atoms with van der Waals surface area (Å²) in [5, 5.41) is 12.5. The number of nitrogens with one attached hydrogen (secondary N) is 1. The van der Waals surface area contributed by atoms with Crippen LogP contribution in [0.3, 0.4) is 0 Å². The Morgan fingerprint density at radius 1 is 1.39 bits per heavy atom. The monoisotopic (exact) mass is 413 g/mol. The van der Waals surface area contributed by atoms with E-state index < -0.39 is 12.3 Å². The van der Waals surface area contributed by atoms with Gasteiger partial charge in [0.05, 0.1) is 12.9 Å². The Morgan fingerprint density at radius 2 is 2.18 bits per heavy atom. The summed E-state index contributed by atoms with van der Waals surface area (Å²) in [6.07, 6.45) is 5.01. The molecule has 10 nitrogen and oxygen atoms in total. The fourth-order valence-corrected chi connectivity index (χ4v) is 3.20. The van der Waals surface area contributed by atoms with E-state index in [0.717, 1.165) is 25.7 Å². The maximum absolute atomic E-state index is 11.8. The van der Waals surface area contributed by atoms with Gasteiger partial charge in [-0.15, -0.1) is 0 Å². The van der Waals surface area contributed by atoms with Gasteiger partial charge in [0.1, 0.15) is 25.5 Å². The predicted octanol–water partition coefficient (Wildman–Crippen LogP) is 2.34. The van der Waals surface area contributed by atoms with E-state index >= 15 is 0 Å². The summed E-state index contributed by atoms with van der Waals surface area (Å²) in [5.41, 5.74) is 1.03. The standard InChI is InChI=1S/C17H24ClN5O5/c1-19-14-13-15(22-16(18)21-14)23(9-20-13)10-27-12(7-24)8-26-17(25)28-11-5-3-2-4-6-11/h9,11-12,24H,2-8,10H2,1H3,(H,19,21,22). The molecule has 1 aliphatic rings. The van der Waals surface area contributed by atoms with Crippen molar-refractivity contribution in [2.75, 3.05) is 25.6 Å². The summed E-state index contributed by atoms with van der Waals surface area (Å²) in [6, 6.07) is 0. The number of ether oxygens (including phenoxy) is 3. The van der Waals surface area contributed by atoms with Crippen molar-refractivity contribution in [3.63, 3.8) is 0 Å². The second-order valence-corrected chi connectivity index (χ2v) is 6.86. The highest BCUT2D eigenvalue weighted by molar-refractivity contribution is 6.28. The molecule has 28 heavy (non-hydrogen) atoms. The first-order valence-electron chi connectivity index (χ1n) is 9.22. The molecule has 0 saturated heterocycles. The number of fused-ring (bicyclic) bond motifs is 1. The third kappa shape index (κ3) is 5.21. The molecule has 0 aliphatic heterocycles. The van der Waals surface area contributed by atoms with E-state index in [4.69, 9.17) is 25.8 Å². The SMILES string of the molecule is CNc1nc(Cl)nc2c1ncn2COC(CO)COC(=O)OC1CCCCC1. The fraction of sp³-hybridized carbons (Fsp3) is 0.647. The average Bonchev–Trinajstić information content (AvgIpc) is 3.11. The fourth-order valence-electron chi connectivity index (χ4n) is 3.04. The first-order valence-corrected chi connectivity index (χ1v) is 9.60. The molecule has 0 amide bonds. The number of carbonyl (C=O) groups is 1. The van der Waals surface area contributed by atoms with E-state index in [2.05, 4.69) is 20.3 Å². The largest absolute Gasteiger partial charge is 0.508 e. The highest BCUT2D eigenvalue weighted by atomic mass is 35.5. The van der Waals surface area contributed by atoms with Gasteiger partial charge in [0.2, 0.25) is 5.28 Å². The van der Waals surface area contributed by atoms with Gasteiger partial charge < -0.3 is 24.6 Å². The van der Waals surface area contributed by atoms with Gasteiger partial charge in [-0.2, -0.15) is 9.97 Å². The van der Waals surface area contributed by atoms with Gasteiger partial charge >= 0.3 is 6.16 Å². The molecule has 1 atom stereocenters. The number of imidazole rings is 1. The third-order valence-electron chi connectivity index (χ3n) is 4.53. The number of aromatic nitrogens is 4. The van der Waals surface area contributed by atoms with Crippen LogP contribution in [0.5, 0.6) is 0 Å². The molecule has 1 saturated carbocycles. The van der Waals surface area contributed by atoms with E-state index in [-0.39, 0.29) is 31.3 Å². The van der Waals surface area contributed by atoms with E-state index in [0.29, 0.717) is 17.0 Å². The lowest BCUT2D eigenvalue weighted by molar-refractivity contribution is -0.0674. The maximum atomic E-state index is 11.8. The molecule has 2 aromatic heterocycles. The molecule has 0 bridgehead atoms. The van der Waals surface area contributed by atoms with Crippen LogP contribution in [0.25, 0.3) is 11.2 Å². The van der Waals surface area contributed by atoms with Crippen molar-refractivity contribution in [3.8, 4) is 0 Å². The number of aliphatic hydroxyl groups is 1. The Balaban J connectivity index is 1.52. The van der Waals surface area contributed by atoms with Crippen molar-refractivity contribution in [2.45, 2.75) is 51.0 Å². The molecule has 2 aromatic rings. The van der Waals surface area contributed by atoms with Crippen molar-refractivity contribution >= 4 is 34.7 Å². The van der Waals surface area contributed by atoms with Crippen molar-refractivity contribution in [1.29, 1.82) is 0 Å². The summed E-state index contributed by atoms with van der Waals surface area (Å²) >= 11 is 5.93. The Kier molecular flexibility index (Phi) is 7.24. The quantitative estimate of drug-likeness (QED) is 0.496. The number of nitrogens with zero attached hydrogens (tertiary/aromatic N) is 4. The number of aliphatic hydroxyl groups excluding tert-OH is 1. The first-order chi connectivity index (χ1) is 13.6. The van der Waals surface area contributed by atoms with Gasteiger partial charge in [-0.3, -0.25) is 4.57 Å². The van der Waals surface area contributed by atoms with Crippen molar-refractivity contribution in [3.05, 3.63) is 11.6 Å². The number of hydrogen-bond donors (Lipinski definition) is 2. The molecule has 2 heterocycles. The molecule has 1 unspecified atom stereocenters. The summed E-state index contributed by atoms with van der Waals surface area (Å²) in [7, 11) is 1.71. The lowest BCUT2D eigenvalue weighted by atomic mass is 9.98. The Morgan fingerprint density at radius 3 is 2.89 bits per heavy atom. The van der Waals surface area contributed by atoms with Crippen LogP contribution in [-0.2, 0) is 20.9 Å². The van der Waals surface area contributed by atoms with E-state index in [9.17, 15) is 9.90 Å². The van der Waals surface area contributed by atoms with E-state index in [1.807, 2.05) is 0 Å². The molecule has 0 spiro atoms. The number of rotatable bonds is 8. The molecule has 3 rings (SSSR count). The van der Waals surface area contributed by atoms with Crippen LogP contribution in [-0.4, -0.2) is 63.3 Å². The lowest BCUT2D eigenvalue weighted by Crippen LogP contribution is -2.28. The zero-order valence-electron chi connectivity index (χ0n) is 15.6. The number of carbonyl (C=O) groups excluding carboxylic acids is 1. The van der Waals surface area contributed by atoms with Gasteiger partial charge in [-0.1, -0.05) is 6.42 Å². The average molecular weight is 414 g/mol. The van der Waals surface area contributed by atoms with Gasteiger partial charge in [-0.05, 0) is 37.3 Å². The Labute approximate surface area is 167 Å². The van der Waals surface area contributed by atoms with Gasteiger partial charge in [0.25, 0.3) is 0 Å². The maximum Gasteiger partial charge on any atom is 0.508 e. The molecule has 0 radical (unpaired) electrons. The Bertz CT molecular complexity index is 796. The molecule has 0 aromatic carbocycles. The second kappa shape index (κ2) is 9.85. The first kappa shape index (κ1) is 20.6. The van der Waals surface area contributed by atoms with Crippen molar-refractivity contribution in [2.24, 2.45) is 0 Å². The molecule has 2 N–H and O–H groups in total. The van der Waals surface area contributed by atoms with Crippen molar-refractivity contribution < 1.29 is 24.1 Å². The van der Waals surface area contributed by atoms with Gasteiger partial charge in [0.15, 0.2) is 17.0 Å². The number of anilines is 1. The molecular formula is C17H24ClN5O5. The smallest absolute Gasteiger partial charge is 0.431 e. The van der Waals surface area contributed by atoms with Crippen LogP contribution in [0.15, 0.2) is 6.33 Å². The molecule has 1 aliphatic carbocycles. The van der Waals surface area contributed by atoms with Gasteiger partial charge in [-0.25, -0.2) is 9.78 Å². The van der Waals surface area contributed by atoms with Crippen LogP contribution in [0.2, 0.25) is 5.28 Å². The summed E-state index contributed by atoms with van der Waals surface area (Å²) in [4.78, 5) is 24.3. The minimum atomic E-state index is -0.736. The minimum Gasteiger partial charge on any atom is -0.431 e. The highest BCUT2D eigenvalue weighted by Gasteiger charge is 2.20.